The standard InChI is InChI=1S/C30H31FN4O3/c1-21-7-9-22(10-8-21)29(37)35-17-15-33(16-18-35)27-12-11-25(20-26(27)30(38)34-13-2-3-14-34)32-28(36)23-5-4-6-24(31)19-23/h4-12,19-20H,2-3,13-18H2,1H3,(H,32,36). The highest BCUT2D eigenvalue weighted by Gasteiger charge is 2.28. The van der Waals surface area contributed by atoms with Crippen LogP contribution in [0.1, 0.15) is 49.5 Å². The molecule has 3 amide bonds. The van der Waals surface area contributed by atoms with E-state index in [9.17, 15) is 18.8 Å². The Morgan fingerprint density at radius 3 is 2.11 bits per heavy atom. The van der Waals surface area contributed by atoms with Crippen molar-refractivity contribution in [2.75, 3.05) is 49.5 Å². The molecule has 2 fully saturated rings. The van der Waals surface area contributed by atoms with Gasteiger partial charge in [0.1, 0.15) is 5.82 Å². The van der Waals surface area contributed by atoms with Gasteiger partial charge in [0.2, 0.25) is 0 Å². The molecule has 0 aliphatic carbocycles. The maximum atomic E-state index is 13.6. The van der Waals surface area contributed by atoms with Crippen LogP contribution >= 0.6 is 0 Å². The normalized spacial score (nSPS) is 15.5. The third-order valence-electron chi connectivity index (χ3n) is 7.17. The summed E-state index contributed by atoms with van der Waals surface area (Å²) in [5.74, 6) is -0.996. The number of carbonyl (C=O) groups excluding carboxylic acids is 3. The zero-order valence-corrected chi connectivity index (χ0v) is 21.5. The summed E-state index contributed by atoms with van der Waals surface area (Å²) in [5.41, 5.74) is 3.76. The topological polar surface area (TPSA) is 73.0 Å². The first kappa shape index (κ1) is 25.4. The van der Waals surface area contributed by atoms with Crippen molar-refractivity contribution in [2.45, 2.75) is 19.8 Å². The number of carbonyl (C=O) groups is 3. The van der Waals surface area contributed by atoms with E-state index in [2.05, 4.69) is 10.2 Å². The van der Waals surface area contributed by atoms with Crippen molar-refractivity contribution in [1.29, 1.82) is 0 Å². The zero-order valence-electron chi connectivity index (χ0n) is 21.5. The Morgan fingerprint density at radius 2 is 1.42 bits per heavy atom. The molecule has 2 heterocycles. The molecule has 0 bridgehead atoms. The average Bonchev–Trinajstić information content (AvgIpc) is 3.48. The van der Waals surface area contributed by atoms with Crippen molar-refractivity contribution in [1.82, 2.24) is 9.80 Å². The van der Waals surface area contributed by atoms with Crippen LogP contribution in [0.25, 0.3) is 0 Å². The smallest absolute Gasteiger partial charge is 0.256 e. The van der Waals surface area contributed by atoms with Gasteiger partial charge >= 0.3 is 0 Å². The summed E-state index contributed by atoms with van der Waals surface area (Å²) < 4.78 is 13.6. The van der Waals surface area contributed by atoms with Crippen LogP contribution in [0.3, 0.4) is 0 Å². The summed E-state index contributed by atoms with van der Waals surface area (Å²) in [6.45, 7) is 5.67. The highest BCUT2D eigenvalue weighted by atomic mass is 19.1. The molecule has 3 aromatic carbocycles. The SMILES string of the molecule is Cc1ccc(C(=O)N2CCN(c3ccc(NC(=O)c4cccc(F)c4)cc3C(=O)N3CCCC3)CC2)cc1. The molecule has 38 heavy (non-hydrogen) atoms. The first-order valence-corrected chi connectivity index (χ1v) is 13.0. The Balaban J connectivity index is 1.35. The average molecular weight is 515 g/mol. The Morgan fingerprint density at radius 1 is 0.737 bits per heavy atom. The lowest BCUT2D eigenvalue weighted by Gasteiger charge is -2.37. The Hall–Kier alpha value is -4.20. The number of amides is 3. The predicted molar refractivity (Wildman–Crippen MR) is 145 cm³/mol. The molecule has 1 N–H and O–H groups in total. The first-order chi connectivity index (χ1) is 18.4. The van der Waals surface area contributed by atoms with E-state index in [1.54, 1.807) is 18.2 Å². The van der Waals surface area contributed by atoms with Gasteiger partial charge < -0.3 is 20.0 Å². The first-order valence-electron chi connectivity index (χ1n) is 13.0. The third-order valence-corrected chi connectivity index (χ3v) is 7.17. The molecule has 0 saturated carbocycles. The van der Waals surface area contributed by atoms with Crippen molar-refractivity contribution in [3.63, 3.8) is 0 Å². The van der Waals surface area contributed by atoms with Gasteiger partial charge in [0.15, 0.2) is 0 Å². The molecular formula is C30H31FN4O3. The van der Waals surface area contributed by atoms with Gasteiger partial charge in [-0.2, -0.15) is 0 Å². The summed E-state index contributed by atoms with van der Waals surface area (Å²) >= 11 is 0. The molecule has 2 aliphatic heterocycles. The van der Waals surface area contributed by atoms with E-state index in [-0.39, 0.29) is 17.4 Å². The second-order valence-electron chi connectivity index (χ2n) is 9.84. The van der Waals surface area contributed by atoms with E-state index in [1.165, 1.54) is 18.2 Å². The predicted octanol–water partition coefficient (Wildman–Crippen LogP) is 4.58. The zero-order chi connectivity index (χ0) is 26.6. The highest BCUT2D eigenvalue weighted by Crippen LogP contribution is 2.29. The monoisotopic (exact) mass is 514 g/mol. The fraction of sp³-hybridized carbons (Fsp3) is 0.300. The van der Waals surface area contributed by atoms with E-state index < -0.39 is 11.7 Å². The lowest BCUT2D eigenvalue weighted by Crippen LogP contribution is -2.49. The number of aryl methyl sites for hydroxylation is 1. The number of hydrogen-bond donors (Lipinski definition) is 1. The molecule has 0 unspecified atom stereocenters. The minimum Gasteiger partial charge on any atom is -0.367 e. The number of nitrogens with one attached hydrogen (secondary N) is 1. The van der Waals surface area contributed by atoms with Gasteiger partial charge in [-0.15, -0.1) is 0 Å². The molecule has 196 valence electrons. The van der Waals surface area contributed by atoms with Gasteiger partial charge in [0, 0.05) is 61.8 Å². The molecule has 0 atom stereocenters. The molecule has 5 rings (SSSR count). The van der Waals surface area contributed by atoms with Crippen LogP contribution in [0.5, 0.6) is 0 Å². The van der Waals surface area contributed by atoms with Gasteiger partial charge in [-0.3, -0.25) is 14.4 Å². The lowest BCUT2D eigenvalue weighted by atomic mass is 10.1. The quantitative estimate of drug-likeness (QED) is 0.541. The summed E-state index contributed by atoms with van der Waals surface area (Å²) in [4.78, 5) is 45.0. The van der Waals surface area contributed by atoms with Crippen molar-refractivity contribution in [3.05, 3.63) is 94.8 Å². The van der Waals surface area contributed by atoms with Gasteiger partial charge in [-0.25, -0.2) is 4.39 Å². The van der Waals surface area contributed by atoms with Crippen LogP contribution in [-0.2, 0) is 0 Å². The number of nitrogens with zero attached hydrogens (tertiary/aromatic N) is 3. The van der Waals surface area contributed by atoms with E-state index in [0.29, 0.717) is 56.1 Å². The van der Waals surface area contributed by atoms with Crippen LogP contribution in [0, 0.1) is 12.7 Å². The molecule has 0 radical (unpaired) electrons. The Bertz CT molecular complexity index is 1340. The lowest BCUT2D eigenvalue weighted by molar-refractivity contribution is 0.0743. The maximum Gasteiger partial charge on any atom is 0.256 e. The second-order valence-corrected chi connectivity index (χ2v) is 9.84. The molecule has 0 spiro atoms. The number of rotatable bonds is 5. The number of anilines is 2. The van der Waals surface area contributed by atoms with E-state index >= 15 is 0 Å². The fourth-order valence-corrected chi connectivity index (χ4v) is 5.01. The Kier molecular flexibility index (Phi) is 7.40. The number of halogens is 1. The van der Waals surface area contributed by atoms with Crippen LogP contribution in [0.4, 0.5) is 15.8 Å². The molecule has 7 nitrogen and oxygen atoms in total. The fourth-order valence-electron chi connectivity index (χ4n) is 5.01. The van der Waals surface area contributed by atoms with E-state index in [1.807, 2.05) is 47.1 Å². The van der Waals surface area contributed by atoms with Gasteiger partial charge in [-0.1, -0.05) is 23.8 Å². The second kappa shape index (κ2) is 11.0. The summed E-state index contributed by atoms with van der Waals surface area (Å²) in [6.07, 6.45) is 1.94. The van der Waals surface area contributed by atoms with Crippen LogP contribution in [0.15, 0.2) is 66.7 Å². The summed E-state index contributed by atoms with van der Waals surface area (Å²) in [6, 6.07) is 18.4. The molecule has 0 aromatic heterocycles. The number of piperazine rings is 1. The number of likely N-dealkylation sites (tertiary alicyclic amines) is 1. The van der Waals surface area contributed by atoms with Crippen molar-refractivity contribution < 1.29 is 18.8 Å². The molecule has 3 aromatic rings. The van der Waals surface area contributed by atoms with Crippen molar-refractivity contribution >= 4 is 29.1 Å². The van der Waals surface area contributed by atoms with Gasteiger partial charge in [0.25, 0.3) is 17.7 Å². The Labute approximate surface area is 221 Å². The van der Waals surface area contributed by atoms with Crippen LogP contribution < -0.4 is 10.2 Å². The minimum absolute atomic E-state index is 0.00780. The van der Waals surface area contributed by atoms with Crippen LogP contribution in [0.2, 0.25) is 0 Å². The summed E-state index contributed by atoms with van der Waals surface area (Å²) in [7, 11) is 0. The molecule has 8 heteroatoms. The summed E-state index contributed by atoms with van der Waals surface area (Å²) in [5, 5.41) is 2.80. The molecular weight excluding hydrogens is 483 g/mol. The van der Waals surface area contributed by atoms with Crippen LogP contribution in [-0.4, -0.2) is 66.8 Å². The minimum atomic E-state index is -0.488. The van der Waals surface area contributed by atoms with Gasteiger partial charge in [-0.05, 0) is 68.3 Å². The number of hydrogen-bond acceptors (Lipinski definition) is 4. The molecule has 2 aliphatic rings. The largest absolute Gasteiger partial charge is 0.367 e. The third kappa shape index (κ3) is 5.54. The highest BCUT2D eigenvalue weighted by molar-refractivity contribution is 6.06. The van der Waals surface area contributed by atoms with E-state index in [4.69, 9.17) is 0 Å². The van der Waals surface area contributed by atoms with Crippen molar-refractivity contribution in [2.24, 2.45) is 0 Å². The van der Waals surface area contributed by atoms with E-state index in [0.717, 1.165) is 24.1 Å². The van der Waals surface area contributed by atoms with Crippen molar-refractivity contribution in [3.8, 4) is 0 Å². The van der Waals surface area contributed by atoms with Gasteiger partial charge in [0.05, 0.1) is 5.56 Å². The number of benzene rings is 3. The molecule has 2 saturated heterocycles. The maximum absolute atomic E-state index is 13.6.